The lowest BCUT2D eigenvalue weighted by Gasteiger charge is -2.39. The molecule has 0 unspecified atom stereocenters. The number of hydrogen-bond acceptors (Lipinski definition) is 8. The van der Waals surface area contributed by atoms with E-state index in [9.17, 15) is 20.4 Å². The van der Waals surface area contributed by atoms with Crippen LogP contribution in [0.2, 0.25) is 0 Å². The molecule has 8 heteroatoms. The summed E-state index contributed by atoms with van der Waals surface area (Å²) in [6.45, 7) is 28.6. The molecule has 3 aliphatic rings. The van der Waals surface area contributed by atoms with Gasteiger partial charge in [0.15, 0.2) is 5.96 Å². The number of phenols is 3. The quantitative estimate of drug-likeness (QED) is 0.123. The number of rotatable bonds is 4. The predicted molar refractivity (Wildman–Crippen MR) is 248 cm³/mol. The first kappa shape index (κ1) is 44.4. The van der Waals surface area contributed by atoms with Crippen LogP contribution in [0.4, 0.5) is 0 Å². The predicted octanol–water partition coefficient (Wildman–Crippen LogP) is 9.83. The molecule has 2 aliphatic heterocycles. The highest BCUT2D eigenvalue weighted by molar-refractivity contribution is 5.81. The standard InChI is InChI=1S/C53H71N3O5/c1-50(2,3)39-21-31-17-33-23-40(51(4,5)6)25-35(46(33)59)19-37-27-42(53(10,11)12)28-38(48(37)61-30-44-14-16-56-15-13-43(29-57)54-49(56)55-44)20-36-26-41(52(7,8)9)24-34(47(36)60)18-32(22-39)45(31)58/h21-28,43-44,57-60H,13-20,29-30H2,1-12H3,(H,54,55)/t43-,44-/m1/s1. The fourth-order valence-electron chi connectivity index (χ4n) is 8.93. The number of aliphatic imine (C=N–C) groups is 1. The number of aromatic hydroxyl groups is 3. The Morgan fingerprint density at radius 2 is 0.869 bits per heavy atom. The molecule has 0 radical (unpaired) electrons. The van der Waals surface area contributed by atoms with Gasteiger partial charge in [-0.2, -0.15) is 0 Å². The Morgan fingerprint density at radius 1 is 0.541 bits per heavy atom. The third kappa shape index (κ3) is 9.55. The van der Waals surface area contributed by atoms with Gasteiger partial charge in [0.1, 0.15) is 29.6 Å². The zero-order valence-corrected chi connectivity index (χ0v) is 38.9. The van der Waals surface area contributed by atoms with Gasteiger partial charge in [0.05, 0.1) is 18.7 Å². The SMILES string of the molecule is CC(C)(C)c1cc2c(O)c(c1)Cc1cc(C(C)(C)C)cc(c1O)Cc1cc(C(C)(C)C)cc(c1OC[C@H]1CCN3CC[C@H](CO)N=C3N1)Cc1cc(C(C)(C)C)cc(c1O)C2. The van der Waals surface area contributed by atoms with E-state index < -0.39 is 0 Å². The van der Waals surface area contributed by atoms with Crippen LogP contribution in [0, 0.1) is 0 Å². The van der Waals surface area contributed by atoms with Crippen molar-refractivity contribution in [3.63, 3.8) is 0 Å². The van der Waals surface area contributed by atoms with Crippen LogP contribution in [0.3, 0.4) is 0 Å². The van der Waals surface area contributed by atoms with Gasteiger partial charge in [0, 0.05) is 38.8 Å². The van der Waals surface area contributed by atoms with Gasteiger partial charge in [-0.25, -0.2) is 4.99 Å². The van der Waals surface area contributed by atoms with Crippen molar-refractivity contribution in [3.05, 3.63) is 115 Å². The molecule has 2 atom stereocenters. The number of fused-ring (bicyclic) bond motifs is 9. The van der Waals surface area contributed by atoms with Gasteiger partial charge in [0.2, 0.25) is 0 Å². The topological polar surface area (TPSA) is 118 Å². The van der Waals surface area contributed by atoms with E-state index in [1.807, 2.05) is 0 Å². The molecule has 4 aromatic carbocycles. The third-order valence-corrected chi connectivity index (χ3v) is 13.1. The summed E-state index contributed by atoms with van der Waals surface area (Å²) in [6.07, 6.45) is 3.25. The second kappa shape index (κ2) is 16.2. The van der Waals surface area contributed by atoms with Crippen LogP contribution in [0.5, 0.6) is 23.0 Å². The summed E-state index contributed by atoms with van der Waals surface area (Å²) in [6, 6.07) is 17.1. The molecule has 8 nitrogen and oxygen atoms in total. The molecule has 0 spiro atoms. The minimum absolute atomic E-state index is 0.00132. The minimum atomic E-state index is -0.210. The van der Waals surface area contributed by atoms with Gasteiger partial charge >= 0.3 is 0 Å². The van der Waals surface area contributed by atoms with Gasteiger partial charge in [-0.1, -0.05) is 132 Å². The summed E-state index contributed by atoms with van der Waals surface area (Å²) in [7, 11) is 0. The lowest BCUT2D eigenvalue weighted by Crippen LogP contribution is -2.57. The van der Waals surface area contributed by atoms with E-state index in [2.05, 4.69) is 142 Å². The fourth-order valence-corrected chi connectivity index (χ4v) is 8.93. The number of nitrogens with zero attached hydrogens (tertiary/aromatic N) is 2. The van der Waals surface area contributed by atoms with Crippen molar-refractivity contribution in [2.24, 2.45) is 4.99 Å². The molecule has 1 saturated heterocycles. The van der Waals surface area contributed by atoms with Crippen LogP contribution in [-0.2, 0) is 47.3 Å². The molecular formula is C53H71N3O5. The highest BCUT2D eigenvalue weighted by Crippen LogP contribution is 2.43. The van der Waals surface area contributed by atoms with Crippen LogP contribution in [-0.4, -0.2) is 69.7 Å². The van der Waals surface area contributed by atoms with E-state index >= 15 is 0 Å². The zero-order valence-electron chi connectivity index (χ0n) is 38.9. The summed E-state index contributed by atoms with van der Waals surface area (Å²) in [4.78, 5) is 7.08. The fraction of sp³-hybridized carbons (Fsp3) is 0.528. The molecule has 0 aromatic heterocycles. The number of ether oxygens (including phenoxy) is 1. The maximum Gasteiger partial charge on any atom is 0.194 e. The van der Waals surface area contributed by atoms with E-state index in [0.717, 1.165) is 104 Å². The Kier molecular flexibility index (Phi) is 11.8. The van der Waals surface area contributed by atoms with Gasteiger partial charge in [-0.15, -0.1) is 0 Å². The van der Waals surface area contributed by atoms with Gasteiger partial charge in [0.25, 0.3) is 0 Å². The lowest BCUT2D eigenvalue weighted by atomic mass is 9.79. The molecule has 5 N–H and O–H groups in total. The maximum atomic E-state index is 12.4. The highest BCUT2D eigenvalue weighted by Gasteiger charge is 2.31. The maximum absolute atomic E-state index is 12.4. The second-order valence-corrected chi connectivity index (χ2v) is 22.3. The van der Waals surface area contributed by atoms with Crippen molar-refractivity contribution in [3.8, 4) is 23.0 Å². The number of benzene rings is 4. The number of aliphatic hydroxyl groups is 1. The number of guanidine groups is 1. The lowest BCUT2D eigenvalue weighted by molar-refractivity contribution is 0.204. The molecular weight excluding hydrogens is 759 g/mol. The largest absolute Gasteiger partial charge is 0.507 e. The molecule has 1 fully saturated rings. The first-order valence-electron chi connectivity index (χ1n) is 22.4. The minimum Gasteiger partial charge on any atom is -0.507 e. The van der Waals surface area contributed by atoms with Crippen molar-refractivity contribution in [1.29, 1.82) is 0 Å². The second-order valence-electron chi connectivity index (χ2n) is 22.3. The normalized spacial score (nSPS) is 18.6. The van der Waals surface area contributed by atoms with Crippen molar-refractivity contribution in [2.75, 3.05) is 26.3 Å². The van der Waals surface area contributed by atoms with Crippen molar-refractivity contribution < 1.29 is 25.2 Å². The molecule has 8 bridgehead atoms. The molecule has 0 amide bonds. The van der Waals surface area contributed by atoms with Crippen molar-refractivity contribution in [1.82, 2.24) is 10.2 Å². The van der Waals surface area contributed by atoms with Crippen molar-refractivity contribution in [2.45, 2.75) is 155 Å². The van der Waals surface area contributed by atoms with Crippen LogP contribution in [0.1, 0.15) is 163 Å². The van der Waals surface area contributed by atoms with E-state index in [1.54, 1.807) is 0 Å². The zero-order chi connectivity index (χ0) is 44.4. The number of aliphatic hydroxyl groups excluding tert-OH is 1. The first-order chi connectivity index (χ1) is 28.4. The summed E-state index contributed by atoms with van der Waals surface area (Å²) >= 11 is 0. The summed E-state index contributed by atoms with van der Waals surface area (Å²) < 4.78 is 7.09. The molecule has 0 saturated carbocycles. The number of hydrogen-bond donors (Lipinski definition) is 5. The smallest absolute Gasteiger partial charge is 0.194 e. The van der Waals surface area contributed by atoms with Crippen LogP contribution in [0.15, 0.2) is 53.5 Å². The van der Waals surface area contributed by atoms with Crippen LogP contribution >= 0.6 is 0 Å². The van der Waals surface area contributed by atoms with E-state index in [0.29, 0.717) is 32.3 Å². The Morgan fingerprint density at radius 3 is 1.21 bits per heavy atom. The number of nitrogens with one attached hydrogen (secondary N) is 1. The third-order valence-electron chi connectivity index (χ3n) is 13.1. The van der Waals surface area contributed by atoms with Gasteiger partial charge < -0.3 is 35.4 Å². The first-order valence-corrected chi connectivity index (χ1v) is 22.4. The molecule has 61 heavy (non-hydrogen) atoms. The Labute approximate surface area is 365 Å². The average molecular weight is 830 g/mol. The molecule has 7 rings (SSSR count). The van der Waals surface area contributed by atoms with Crippen molar-refractivity contribution >= 4 is 5.96 Å². The Bertz CT molecular complexity index is 2210. The summed E-state index contributed by atoms with van der Waals surface area (Å²) in [5, 5.41) is 50.4. The van der Waals surface area contributed by atoms with Gasteiger partial charge in [-0.3, -0.25) is 0 Å². The van der Waals surface area contributed by atoms with E-state index in [1.165, 1.54) is 0 Å². The van der Waals surface area contributed by atoms with Crippen LogP contribution in [0.25, 0.3) is 0 Å². The average Bonchev–Trinajstić information content (AvgIpc) is 3.16. The highest BCUT2D eigenvalue weighted by atomic mass is 16.5. The summed E-state index contributed by atoms with van der Waals surface area (Å²) in [5.74, 6) is 2.26. The van der Waals surface area contributed by atoms with E-state index in [-0.39, 0.29) is 57.6 Å². The number of phenolic OH excluding ortho intramolecular Hbond substituents is 3. The van der Waals surface area contributed by atoms with Gasteiger partial charge in [-0.05, 0) is 101 Å². The molecule has 4 aromatic rings. The molecule has 1 aliphatic carbocycles. The molecule has 2 heterocycles. The Hall–Kier alpha value is -4.69. The van der Waals surface area contributed by atoms with Crippen LogP contribution < -0.4 is 10.1 Å². The monoisotopic (exact) mass is 830 g/mol. The Balaban J connectivity index is 1.46. The summed E-state index contributed by atoms with van der Waals surface area (Å²) in [5.41, 5.74) is 10.2. The molecule has 328 valence electrons. The van der Waals surface area contributed by atoms with E-state index in [4.69, 9.17) is 9.73 Å².